The van der Waals surface area contributed by atoms with Gasteiger partial charge in [0.25, 0.3) is 0 Å². The Balaban J connectivity index is 1.47. The van der Waals surface area contributed by atoms with Crippen molar-refractivity contribution in [3.8, 4) is 0 Å². The van der Waals surface area contributed by atoms with Gasteiger partial charge in [0.05, 0.1) is 6.20 Å². The number of nitrogens with zero attached hydrogens (tertiary/aromatic N) is 2. The molecule has 0 aliphatic carbocycles. The average Bonchev–Trinajstić information content (AvgIpc) is 3.17. The minimum Gasteiger partial charge on any atom is -0.342 e. The number of H-pyrrole nitrogens is 1. The van der Waals surface area contributed by atoms with Gasteiger partial charge < -0.3 is 10.2 Å². The number of piperidine rings is 2. The van der Waals surface area contributed by atoms with E-state index >= 15 is 0 Å². The summed E-state index contributed by atoms with van der Waals surface area (Å²) in [5.74, 6) is 0.701. The van der Waals surface area contributed by atoms with Crippen LogP contribution in [0.4, 0.5) is 0 Å². The van der Waals surface area contributed by atoms with Gasteiger partial charge in [-0.15, -0.1) is 0 Å². The van der Waals surface area contributed by atoms with Gasteiger partial charge in [-0.25, -0.2) is 0 Å². The molecular formula is C22H30N4O. The van der Waals surface area contributed by atoms with Gasteiger partial charge in [-0.2, -0.15) is 5.10 Å². The second kappa shape index (κ2) is 7.85. The molecule has 1 amide bonds. The SMILES string of the molecule is CC1(C(=O)N2CCC[C@@H](c3[nH]ncc3Cc3ccccc3)C2)CCNCC1. The molecule has 27 heavy (non-hydrogen) atoms. The van der Waals surface area contributed by atoms with Gasteiger partial charge in [0, 0.05) is 36.5 Å². The molecule has 1 atom stereocenters. The highest BCUT2D eigenvalue weighted by atomic mass is 16.2. The summed E-state index contributed by atoms with van der Waals surface area (Å²) >= 11 is 0. The second-order valence-electron chi connectivity index (χ2n) is 8.37. The van der Waals surface area contributed by atoms with Gasteiger partial charge in [-0.05, 0) is 49.9 Å². The maximum Gasteiger partial charge on any atom is 0.228 e. The Labute approximate surface area is 161 Å². The van der Waals surface area contributed by atoms with E-state index < -0.39 is 0 Å². The lowest BCUT2D eigenvalue weighted by atomic mass is 9.78. The Kier molecular flexibility index (Phi) is 5.30. The zero-order valence-electron chi connectivity index (χ0n) is 16.2. The van der Waals surface area contributed by atoms with Crippen molar-refractivity contribution in [2.24, 2.45) is 5.41 Å². The molecule has 2 aromatic rings. The normalized spacial score (nSPS) is 22.6. The fourth-order valence-corrected chi connectivity index (χ4v) is 4.60. The highest BCUT2D eigenvalue weighted by Crippen LogP contribution is 2.35. The van der Waals surface area contributed by atoms with Gasteiger partial charge >= 0.3 is 0 Å². The predicted molar refractivity (Wildman–Crippen MR) is 107 cm³/mol. The van der Waals surface area contributed by atoms with Crippen LogP contribution in [0.2, 0.25) is 0 Å². The summed E-state index contributed by atoms with van der Waals surface area (Å²) in [4.78, 5) is 15.4. The number of aromatic amines is 1. The lowest BCUT2D eigenvalue weighted by molar-refractivity contribution is -0.144. The molecule has 0 radical (unpaired) electrons. The van der Waals surface area contributed by atoms with E-state index in [1.165, 1.54) is 16.8 Å². The van der Waals surface area contributed by atoms with Crippen molar-refractivity contribution in [1.29, 1.82) is 0 Å². The zero-order chi connectivity index (χ0) is 18.7. The summed E-state index contributed by atoms with van der Waals surface area (Å²) in [5.41, 5.74) is 3.57. The van der Waals surface area contributed by atoms with Gasteiger partial charge in [0.15, 0.2) is 0 Å². The van der Waals surface area contributed by atoms with Crippen LogP contribution in [0.15, 0.2) is 36.5 Å². The lowest BCUT2D eigenvalue weighted by Crippen LogP contribution is -2.50. The minimum absolute atomic E-state index is 0.200. The monoisotopic (exact) mass is 366 g/mol. The van der Waals surface area contributed by atoms with E-state index in [-0.39, 0.29) is 5.41 Å². The summed E-state index contributed by atoms with van der Waals surface area (Å²) in [6, 6.07) is 10.5. The van der Waals surface area contributed by atoms with Crippen molar-refractivity contribution in [3.05, 3.63) is 53.3 Å². The fraction of sp³-hybridized carbons (Fsp3) is 0.545. The first-order valence-electron chi connectivity index (χ1n) is 10.2. The van der Waals surface area contributed by atoms with E-state index in [1.807, 2.05) is 12.3 Å². The molecule has 0 unspecified atom stereocenters. The molecular weight excluding hydrogens is 336 g/mol. The van der Waals surface area contributed by atoms with Crippen molar-refractivity contribution >= 4 is 5.91 Å². The molecule has 5 nitrogen and oxygen atoms in total. The Bertz CT molecular complexity index is 764. The number of rotatable bonds is 4. The van der Waals surface area contributed by atoms with Crippen molar-refractivity contribution < 1.29 is 4.79 Å². The number of carbonyl (C=O) groups is 1. The highest BCUT2D eigenvalue weighted by molar-refractivity contribution is 5.82. The fourth-order valence-electron chi connectivity index (χ4n) is 4.60. The van der Waals surface area contributed by atoms with E-state index in [0.717, 1.165) is 58.3 Å². The molecule has 1 aromatic carbocycles. The maximum atomic E-state index is 13.2. The lowest BCUT2D eigenvalue weighted by Gasteiger charge is -2.40. The summed E-state index contributed by atoms with van der Waals surface area (Å²) in [6.07, 6.45) is 6.91. The molecule has 4 rings (SSSR count). The molecule has 5 heteroatoms. The van der Waals surface area contributed by atoms with Crippen LogP contribution in [0.3, 0.4) is 0 Å². The largest absolute Gasteiger partial charge is 0.342 e. The molecule has 2 aliphatic rings. The van der Waals surface area contributed by atoms with E-state index in [9.17, 15) is 4.79 Å². The van der Waals surface area contributed by atoms with Crippen molar-refractivity contribution in [3.63, 3.8) is 0 Å². The first-order chi connectivity index (χ1) is 13.2. The molecule has 1 aromatic heterocycles. The van der Waals surface area contributed by atoms with E-state index in [0.29, 0.717) is 11.8 Å². The van der Waals surface area contributed by atoms with Gasteiger partial charge in [0.1, 0.15) is 0 Å². The van der Waals surface area contributed by atoms with E-state index in [1.54, 1.807) is 0 Å². The molecule has 0 bridgehead atoms. The third-order valence-electron chi connectivity index (χ3n) is 6.33. The first-order valence-corrected chi connectivity index (χ1v) is 10.2. The number of carbonyl (C=O) groups excluding carboxylic acids is 1. The summed E-state index contributed by atoms with van der Waals surface area (Å²) in [6.45, 7) is 5.74. The molecule has 3 heterocycles. The second-order valence-corrected chi connectivity index (χ2v) is 8.37. The number of aromatic nitrogens is 2. The van der Waals surface area contributed by atoms with E-state index in [4.69, 9.17) is 0 Å². The Hall–Kier alpha value is -2.14. The molecule has 2 fully saturated rings. The zero-order valence-corrected chi connectivity index (χ0v) is 16.2. The Morgan fingerprint density at radius 1 is 1.26 bits per heavy atom. The smallest absolute Gasteiger partial charge is 0.228 e. The number of hydrogen-bond acceptors (Lipinski definition) is 3. The van der Waals surface area contributed by atoms with Crippen LogP contribution in [0, 0.1) is 5.41 Å². The topological polar surface area (TPSA) is 61.0 Å². The van der Waals surface area contributed by atoms with Crippen LogP contribution in [0.5, 0.6) is 0 Å². The van der Waals surface area contributed by atoms with Crippen molar-refractivity contribution in [2.75, 3.05) is 26.2 Å². The summed E-state index contributed by atoms with van der Waals surface area (Å²) < 4.78 is 0. The third-order valence-corrected chi connectivity index (χ3v) is 6.33. The first kappa shape index (κ1) is 18.2. The molecule has 2 aliphatic heterocycles. The number of amides is 1. The highest BCUT2D eigenvalue weighted by Gasteiger charge is 2.39. The standard InChI is InChI=1S/C22H30N4O/c1-22(9-11-23-12-10-22)21(27)26-13-5-8-18(16-26)20-19(15-24-25-20)14-17-6-3-2-4-7-17/h2-4,6-7,15,18,23H,5,8-14,16H2,1H3,(H,24,25)/t18-/m1/s1. The molecule has 0 saturated carbocycles. The number of nitrogens with one attached hydrogen (secondary N) is 2. The van der Waals surface area contributed by atoms with Crippen LogP contribution in [-0.2, 0) is 11.2 Å². The Morgan fingerprint density at radius 2 is 2.04 bits per heavy atom. The van der Waals surface area contributed by atoms with E-state index in [2.05, 4.69) is 51.6 Å². The van der Waals surface area contributed by atoms with Crippen LogP contribution >= 0.6 is 0 Å². The predicted octanol–water partition coefficient (Wildman–Crippen LogP) is 3.10. The minimum atomic E-state index is -0.200. The summed E-state index contributed by atoms with van der Waals surface area (Å²) in [7, 11) is 0. The van der Waals surface area contributed by atoms with Gasteiger partial charge in [-0.1, -0.05) is 37.3 Å². The maximum absolute atomic E-state index is 13.2. The van der Waals surface area contributed by atoms with Gasteiger partial charge in [0.2, 0.25) is 5.91 Å². The Morgan fingerprint density at radius 3 is 2.81 bits per heavy atom. The number of hydrogen-bond donors (Lipinski definition) is 2. The average molecular weight is 367 g/mol. The number of likely N-dealkylation sites (tertiary alicyclic amines) is 1. The molecule has 2 N–H and O–H groups in total. The molecule has 144 valence electrons. The van der Waals surface area contributed by atoms with Crippen molar-refractivity contribution in [1.82, 2.24) is 20.4 Å². The summed E-state index contributed by atoms with van der Waals surface area (Å²) in [5, 5.41) is 11.0. The van der Waals surface area contributed by atoms with Crippen molar-refractivity contribution in [2.45, 2.75) is 44.9 Å². The van der Waals surface area contributed by atoms with Crippen LogP contribution in [0.1, 0.15) is 55.3 Å². The van der Waals surface area contributed by atoms with Crippen LogP contribution < -0.4 is 5.32 Å². The van der Waals surface area contributed by atoms with Gasteiger partial charge in [-0.3, -0.25) is 9.89 Å². The van der Waals surface area contributed by atoms with Crippen LogP contribution in [0.25, 0.3) is 0 Å². The van der Waals surface area contributed by atoms with Crippen LogP contribution in [-0.4, -0.2) is 47.2 Å². The quantitative estimate of drug-likeness (QED) is 0.874. The molecule has 0 spiro atoms. The molecule has 2 saturated heterocycles. The third kappa shape index (κ3) is 3.93. The number of benzene rings is 1.